The van der Waals surface area contributed by atoms with Gasteiger partial charge >= 0.3 is 0 Å². The summed E-state index contributed by atoms with van der Waals surface area (Å²) in [5.41, 5.74) is 10.6. The Hall–Kier alpha value is -5.60. The largest absolute Gasteiger partial charge is 0.311 e. The van der Waals surface area contributed by atoms with Crippen molar-refractivity contribution < 1.29 is 0 Å². The van der Waals surface area contributed by atoms with Gasteiger partial charge < -0.3 is 9.80 Å². The third-order valence-electron chi connectivity index (χ3n) is 8.95. The summed E-state index contributed by atoms with van der Waals surface area (Å²) in [6.07, 6.45) is 1.13. The zero-order valence-corrected chi connectivity index (χ0v) is 26.4. The Morgan fingerprint density at radius 3 is 1.50 bits per heavy atom. The summed E-state index contributed by atoms with van der Waals surface area (Å²) in [6, 6.07) is 63.3. The van der Waals surface area contributed by atoms with Gasteiger partial charge in [-0.05, 0) is 101 Å². The molecule has 0 aliphatic heterocycles. The lowest BCUT2D eigenvalue weighted by Gasteiger charge is -2.29. The zero-order valence-electron chi connectivity index (χ0n) is 26.4. The van der Waals surface area contributed by atoms with Crippen LogP contribution in [-0.4, -0.2) is 0 Å². The van der Waals surface area contributed by atoms with Gasteiger partial charge in [-0.2, -0.15) is 0 Å². The minimum absolute atomic E-state index is 0.542. The number of nitrogens with zero attached hydrogens (tertiary/aromatic N) is 2. The Bertz CT molecular complexity index is 2010. The molecule has 0 saturated heterocycles. The predicted molar refractivity (Wildman–Crippen MR) is 197 cm³/mol. The normalized spacial score (nSPS) is 11.7. The van der Waals surface area contributed by atoms with Crippen LogP contribution >= 0.6 is 0 Å². The SMILES string of the molecule is CCC(C)c1ccc(N(c2ccccc2)c2ccc(N(c3ccc(-c4ccccc4)cc3)c3cccc4ccccc34)cc2)cc1. The van der Waals surface area contributed by atoms with Crippen LogP contribution in [0.2, 0.25) is 0 Å². The molecule has 0 N–H and O–H groups in total. The van der Waals surface area contributed by atoms with Crippen molar-refractivity contribution in [1.82, 2.24) is 0 Å². The van der Waals surface area contributed by atoms with Gasteiger partial charge in [0.05, 0.1) is 5.69 Å². The van der Waals surface area contributed by atoms with E-state index >= 15 is 0 Å². The first-order valence-electron chi connectivity index (χ1n) is 16.2. The van der Waals surface area contributed by atoms with Crippen molar-refractivity contribution in [1.29, 1.82) is 0 Å². The molecule has 0 heterocycles. The average molecular weight is 595 g/mol. The second-order valence-corrected chi connectivity index (χ2v) is 11.8. The van der Waals surface area contributed by atoms with Crippen molar-refractivity contribution in [2.75, 3.05) is 9.80 Å². The molecule has 0 bridgehead atoms. The molecule has 46 heavy (non-hydrogen) atoms. The summed E-state index contributed by atoms with van der Waals surface area (Å²) in [6.45, 7) is 4.54. The number of para-hydroxylation sites is 1. The Morgan fingerprint density at radius 1 is 0.413 bits per heavy atom. The Morgan fingerprint density at radius 2 is 0.870 bits per heavy atom. The summed E-state index contributed by atoms with van der Waals surface area (Å²) in [5, 5.41) is 2.44. The Kier molecular flexibility index (Phi) is 8.34. The summed E-state index contributed by atoms with van der Waals surface area (Å²) in [5.74, 6) is 0.542. The molecular weight excluding hydrogens is 556 g/mol. The van der Waals surface area contributed by atoms with Crippen molar-refractivity contribution in [3.8, 4) is 11.1 Å². The lowest BCUT2D eigenvalue weighted by Crippen LogP contribution is -2.12. The summed E-state index contributed by atoms with van der Waals surface area (Å²) < 4.78 is 0. The molecule has 0 aliphatic rings. The standard InChI is InChI=1S/C44H38N2/c1-3-33(2)34-21-25-39(26-22-34)45(38-17-8-5-9-18-38)40-29-31-42(32-30-40)46(44-20-12-16-37-15-10-11-19-43(37)44)41-27-23-36(24-28-41)35-13-6-4-7-14-35/h4-33H,3H2,1-2H3. The molecular formula is C44H38N2. The van der Waals surface area contributed by atoms with Crippen LogP contribution in [0.1, 0.15) is 31.7 Å². The smallest absolute Gasteiger partial charge is 0.0540 e. The number of hydrogen-bond acceptors (Lipinski definition) is 2. The van der Waals surface area contributed by atoms with Crippen LogP contribution < -0.4 is 9.80 Å². The van der Waals surface area contributed by atoms with Gasteiger partial charge in [0.25, 0.3) is 0 Å². The molecule has 0 spiro atoms. The van der Waals surface area contributed by atoms with E-state index in [1.807, 2.05) is 0 Å². The minimum atomic E-state index is 0.542. The third kappa shape index (κ3) is 5.90. The maximum atomic E-state index is 2.37. The zero-order chi connectivity index (χ0) is 31.3. The summed E-state index contributed by atoms with van der Waals surface area (Å²) in [4.78, 5) is 4.70. The highest BCUT2D eigenvalue weighted by atomic mass is 15.2. The van der Waals surface area contributed by atoms with Crippen molar-refractivity contribution >= 4 is 44.9 Å². The topological polar surface area (TPSA) is 6.48 Å². The molecule has 2 heteroatoms. The Labute approximate surface area is 272 Å². The van der Waals surface area contributed by atoms with E-state index in [0.717, 1.165) is 40.5 Å². The van der Waals surface area contributed by atoms with Gasteiger partial charge in [0.2, 0.25) is 0 Å². The second-order valence-electron chi connectivity index (χ2n) is 11.8. The van der Waals surface area contributed by atoms with E-state index in [-0.39, 0.29) is 0 Å². The minimum Gasteiger partial charge on any atom is -0.311 e. The molecule has 1 atom stereocenters. The molecule has 2 nitrogen and oxygen atoms in total. The third-order valence-corrected chi connectivity index (χ3v) is 8.95. The average Bonchev–Trinajstić information content (AvgIpc) is 3.14. The van der Waals surface area contributed by atoms with Crippen molar-refractivity contribution in [3.63, 3.8) is 0 Å². The fraction of sp³-hybridized carbons (Fsp3) is 0.0909. The van der Waals surface area contributed by atoms with Crippen LogP contribution in [0, 0.1) is 0 Å². The van der Waals surface area contributed by atoms with Gasteiger partial charge in [-0.15, -0.1) is 0 Å². The highest BCUT2D eigenvalue weighted by Gasteiger charge is 2.18. The van der Waals surface area contributed by atoms with Crippen LogP contribution in [0.3, 0.4) is 0 Å². The van der Waals surface area contributed by atoms with Crippen LogP contribution in [0.15, 0.2) is 176 Å². The number of fused-ring (bicyclic) bond motifs is 1. The van der Waals surface area contributed by atoms with Crippen LogP contribution in [0.25, 0.3) is 21.9 Å². The van der Waals surface area contributed by atoms with Crippen LogP contribution in [0.5, 0.6) is 0 Å². The fourth-order valence-electron chi connectivity index (χ4n) is 6.23. The maximum absolute atomic E-state index is 2.37. The van der Waals surface area contributed by atoms with Crippen LogP contribution in [-0.2, 0) is 0 Å². The van der Waals surface area contributed by atoms with Gasteiger partial charge in [-0.25, -0.2) is 0 Å². The lowest BCUT2D eigenvalue weighted by molar-refractivity contribution is 0.733. The molecule has 7 rings (SSSR count). The first kappa shape index (κ1) is 29.1. The first-order chi connectivity index (χ1) is 22.7. The summed E-state index contributed by atoms with van der Waals surface area (Å²) >= 11 is 0. The van der Waals surface area contributed by atoms with Gasteiger partial charge in [0.15, 0.2) is 0 Å². The van der Waals surface area contributed by atoms with Gasteiger partial charge in [0, 0.05) is 33.8 Å². The van der Waals surface area contributed by atoms with E-state index in [0.29, 0.717) is 5.92 Å². The van der Waals surface area contributed by atoms with Crippen molar-refractivity contribution in [2.24, 2.45) is 0 Å². The molecule has 0 aliphatic carbocycles. The molecule has 7 aromatic rings. The number of benzene rings is 7. The maximum Gasteiger partial charge on any atom is 0.0540 e. The number of anilines is 6. The van der Waals surface area contributed by atoms with E-state index in [9.17, 15) is 0 Å². The molecule has 0 fully saturated rings. The monoisotopic (exact) mass is 594 g/mol. The molecule has 7 aromatic carbocycles. The first-order valence-corrected chi connectivity index (χ1v) is 16.2. The molecule has 0 aromatic heterocycles. The van der Waals surface area contributed by atoms with Crippen LogP contribution in [0.4, 0.5) is 34.1 Å². The van der Waals surface area contributed by atoms with Gasteiger partial charge in [-0.1, -0.05) is 123 Å². The van der Waals surface area contributed by atoms with E-state index in [1.165, 1.54) is 27.5 Å². The number of hydrogen-bond donors (Lipinski definition) is 0. The van der Waals surface area contributed by atoms with E-state index in [1.54, 1.807) is 0 Å². The highest BCUT2D eigenvalue weighted by Crippen LogP contribution is 2.42. The van der Waals surface area contributed by atoms with Gasteiger partial charge in [-0.3, -0.25) is 0 Å². The molecule has 0 amide bonds. The quantitative estimate of drug-likeness (QED) is 0.164. The molecule has 1 unspecified atom stereocenters. The molecule has 0 saturated carbocycles. The van der Waals surface area contributed by atoms with Gasteiger partial charge in [0.1, 0.15) is 0 Å². The van der Waals surface area contributed by atoms with E-state index in [4.69, 9.17) is 0 Å². The molecule has 224 valence electrons. The number of rotatable bonds is 9. The fourth-order valence-corrected chi connectivity index (χ4v) is 6.23. The molecule has 0 radical (unpaired) electrons. The van der Waals surface area contributed by atoms with E-state index in [2.05, 4.69) is 200 Å². The lowest BCUT2D eigenvalue weighted by atomic mass is 9.98. The second kappa shape index (κ2) is 13.2. The predicted octanol–water partition coefficient (Wildman–Crippen LogP) is 13.0. The van der Waals surface area contributed by atoms with E-state index < -0.39 is 0 Å². The summed E-state index contributed by atoms with van der Waals surface area (Å²) in [7, 11) is 0. The van der Waals surface area contributed by atoms with Crippen molar-refractivity contribution in [2.45, 2.75) is 26.2 Å². The highest BCUT2D eigenvalue weighted by molar-refractivity contribution is 5.99. The van der Waals surface area contributed by atoms with Crippen molar-refractivity contribution in [3.05, 3.63) is 181 Å². The Balaban J connectivity index is 1.31.